The molecule has 3 rings (SSSR count). The Hall–Kier alpha value is -1.79. The van der Waals surface area contributed by atoms with Gasteiger partial charge in [-0.2, -0.15) is 0 Å². The van der Waals surface area contributed by atoms with E-state index in [1.54, 1.807) is 0 Å². The molecule has 6 nitrogen and oxygen atoms in total. The number of ether oxygens (including phenoxy) is 3. The lowest BCUT2D eigenvalue weighted by Gasteiger charge is -2.37. The highest BCUT2D eigenvalue weighted by Gasteiger charge is 2.45. The number of rotatable bonds is 4. The zero-order valence-electron chi connectivity index (χ0n) is 10.5. The Morgan fingerprint density at radius 2 is 2.21 bits per heavy atom. The van der Waals surface area contributed by atoms with Crippen LogP contribution < -0.4 is 14.8 Å². The molecule has 1 atom stereocenters. The minimum atomic E-state index is -1.09. The number of benzene rings is 1. The smallest absolute Gasteiger partial charge is 0.304 e. The normalized spacial score (nSPS) is 24.8. The molecule has 2 aliphatic heterocycles. The van der Waals surface area contributed by atoms with Crippen LogP contribution in [0.15, 0.2) is 29.3 Å². The Balaban J connectivity index is 1.89. The van der Waals surface area contributed by atoms with Crippen molar-refractivity contribution in [3.63, 3.8) is 0 Å². The fourth-order valence-corrected chi connectivity index (χ4v) is 2.15. The van der Waals surface area contributed by atoms with Gasteiger partial charge in [0.05, 0.1) is 19.8 Å². The summed E-state index contributed by atoms with van der Waals surface area (Å²) in [6, 6.07) is 7.42. The van der Waals surface area contributed by atoms with Crippen molar-refractivity contribution in [1.82, 2.24) is 5.32 Å². The topological polar surface area (TPSA) is 72.3 Å². The van der Waals surface area contributed by atoms with E-state index in [1.165, 1.54) is 0 Å². The highest BCUT2D eigenvalue weighted by molar-refractivity contribution is 5.91. The van der Waals surface area contributed by atoms with Gasteiger partial charge in [-0.1, -0.05) is 12.1 Å². The average Bonchev–Trinajstić information content (AvgIpc) is 3.00. The minimum absolute atomic E-state index is 0.0833. The largest absolute Gasteiger partial charge is 0.482 e. The summed E-state index contributed by atoms with van der Waals surface area (Å²) in [6.07, 6.45) is 0. The first-order valence-electron chi connectivity index (χ1n) is 6.28. The third-order valence-electron chi connectivity index (χ3n) is 3.00. The van der Waals surface area contributed by atoms with Gasteiger partial charge in [-0.3, -0.25) is 4.99 Å². The first-order valence-corrected chi connectivity index (χ1v) is 6.28. The molecule has 1 aromatic rings. The molecule has 1 unspecified atom stereocenters. The van der Waals surface area contributed by atoms with Crippen molar-refractivity contribution in [3.05, 3.63) is 24.3 Å². The third kappa shape index (κ3) is 2.24. The molecule has 0 bridgehead atoms. The summed E-state index contributed by atoms with van der Waals surface area (Å²) in [5.74, 6) is 0.830. The Labute approximate surface area is 111 Å². The van der Waals surface area contributed by atoms with Gasteiger partial charge in [0, 0.05) is 6.54 Å². The third-order valence-corrected chi connectivity index (χ3v) is 3.00. The van der Waals surface area contributed by atoms with Crippen LogP contribution in [-0.4, -0.2) is 49.6 Å². The van der Waals surface area contributed by atoms with E-state index in [2.05, 4.69) is 10.3 Å². The second-order valence-electron chi connectivity index (χ2n) is 4.32. The zero-order valence-corrected chi connectivity index (χ0v) is 10.5. The number of aliphatic hydroxyl groups is 1. The van der Waals surface area contributed by atoms with Gasteiger partial charge in [0.2, 0.25) is 0 Å². The van der Waals surface area contributed by atoms with Crippen molar-refractivity contribution >= 4 is 5.84 Å². The number of para-hydroxylation sites is 2. The molecule has 102 valence electrons. The van der Waals surface area contributed by atoms with E-state index in [9.17, 15) is 0 Å². The summed E-state index contributed by atoms with van der Waals surface area (Å²) in [5, 5.41) is 12.1. The Morgan fingerprint density at radius 1 is 1.37 bits per heavy atom. The van der Waals surface area contributed by atoms with Crippen LogP contribution in [0.5, 0.6) is 11.5 Å². The Kier molecular flexibility index (Phi) is 3.27. The molecule has 19 heavy (non-hydrogen) atoms. The standard InChI is InChI=1S/C13H16N2O4/c16-7-8-18-13(12-14-5-6-15-12)9-17-10-3-1-2-4-11(10)19-13/h1-4,16H,5-9H2,(H,14,15). The number of nitrogens with one attached hydrogen (secondary N) is 1. The average molecular weight is 264 g/mol. The summed E-state index contributed by atoms with van der Waals surface area (Å²) in [7, 11) is 0. The van der Waals surface area contributed by atoms with Crippen molar-refractivity contribution in [1.29, 1.82) is 0 Å². The molecule has 6 heteroatoms. The SMILES string of the molecule is OCCOC1(C2=NCCN2)COc2ccccc2O1. The second kappa shape index (κ2) is 5.07. The molecule has 0 spiro atoms. The molecule has 2 N–H and O–H groups in total. The van der Waals surface area contributed by atoms with Gasteiger partial charge in [0.25, 0.3) is 0 Å². The van der Waals surface area contributed by atoms with Crippen molar-refractivity contribution in [3.8, 4) is 11.5 Å². The monoisotopic (exact) mass is 264 g/mol. The molecule has 2 aliphatic rings. The predicted octanol–water partition coefficient (Wildman–Crippen LogP) is 0.165. The first-order chi connectivity index (χ1) is 9.34. The van der Waals surface area contributed by atoms with Crippen molar-refractivity contribution in [2.24, 2.45) is 4.99 Å². The lowest BCUT2D eigenvalue weighted by atomic mass is 10.2. The minimum Gasteiger partial charge on any atom is -0.482 e. The Bertz CT molecular complexity index is 491. The van der Waals surface area contributed by atoms with Gasteiger partial charge in [-0.25, -0.2) is 0 Å². The Morgan fingerprint density at radius 3 is 2.95 bits per heavy atom. The fourth-order valence-electron chi connectivity index (χ4n) is 2.15. The number of fused-ring (bicyclic) bond motifs is 1. The number of aliphatic hydroxyl groups excluding tert-OH is 1. The molecule has 1 aromatic carbocycles. The van der Waals surface area contributed by atoms with Gasteiger partial charge in [0.15, 0.2) is 23.9 Å². The lowest BCUT2D eigenvalue weighted by Crippen LogP contribution is -2.57. The number of amidine groups is 1. The van der Waals surface area contributed by atoms with E-state index in [-0.39, 0.29) is 19.8 Å². The van der Waals surface area contributed by atoms with E-state index in [0.29, 0.717) is 23.9 Å². The van der Waals surface area contributed by atoms with Crippen molar-refractivity contribution in [2.75, 3.05) is 32.9 Å². The molecule has 0 aliphatic carbocycles. The quantitative estimate of drug-likeness (QED) is 0.811. The molecular formula is C13H16N2O4. The van der Waals surface area contributed by atoms with Gasteiger partial charge in [-0.15, -0.1) is 0 Å². The molecule has 0 saturated carbocycles. The van der Waals surface area contributed by atoms with Gasteiger partial charge in [-0.05, 0) is 12.1 Å². The van der Waals surface area contributed by atoms with E-state index in [1.807, 2.05) is 24.3 Å². The fraction of sp³-hybridized carbons (Fsp3) is 0.462. The number of hydrogen-bond donors (Lipinski definition) is 2. The molecule has 0 radical (unpaired) electrons. The predicted molar refractivity (Wildman–Crippen MR) is 68.6 cm³/mol. The molecule has 0 amide bonds. The molecular weight excluding hydrogens is 248 g/mol. The van der Waals surface area contributed by atoms with Crippen LogP contribution in [0.25, 0.3) is 0 Å². The van der Waals surface area contributed by atoms with Gasteiger partial charge < -0.3 is 24.6 Å². The van der Waals surface area contributed by atoms with E-state index >= 15 is 0 Å². The lowest BCUT2D eigenvalue weighted by molar-refractivity contribution is -0.169. The summed E-state index contributed by atoms with van der Waals surface area (Å²) in [5.41, 5.74) is 0. The molecule has 0 saturated heterocycles. The van der Waals surface area contributed by atoms with Crippen LogP contribution in [0.1, 0.15) is 0 Å². The summed E-state index contributed by atoms with van der Waals surface area (Å²) in [6.45, 7) is 1.72. The summed E-state index contributed by atoms with van der Waals surface area (Å²) < 4.78 is 17.3. The maximum Gasteiger partial charge on any atom is 0.304 e. The number of hydrogen-bond acceptors (Lipinski definition) is 6. The second-order valence-corrected chi connectivity index (χ2v) is 4.32. The van der Waals surface area contributed by atoms with Crippen LogP contribution in [0.3, 0.4) is 0 Å². The van der Waals surface area contributed by atoms with Crippen molar-refractivity contribution in [2.45, 2.75) is 5.79 Å². The van der Waals surface area contributed by atoms with E-state index in [4.69, 9.17) is 19.3 Å². The van der Waals surface area contributed by atoms with Crippen LogP contribution in [-0.2, 0) is 4.74 Å². The van der Waals surface area contributed by atoms with Crippen LogP contribution in [0.4, 0.5) is 0 Å². The molecule has 2 heterocycles. The first kappa shape index (κ1) is 12.3. The number of aliphatic imine (C=N–C) groups is 1. The number of nitrogens with zero attached hydrogens (tertiary/aromatic N) is 1. The molecule has 0 fully saturated rings. The maximum atomic E-state index is 8.97. The van der Waals surface area contributed by atoms with Crippen LogP contribution >= 0.6 is 0 Å². The van der Waals surface area contributed by atoms with Crippen molar-refractivity contribution < 1.29 is 19.3 Å². The zero-order chi connectivity index (χ0) is 13.1. The maximum absolute atomic E-state index is 8.97. The van der Waals surface area contributed by atoms with Crippen LogP contribution in [0, 0.1) is 0 Å². The highest BCUT2D eigenvalue weighted by atomic mass is 16.7. The molecule has 0 aromatic heterocycles. The van der Waals surface area contributed by atoms with E-state index in [0.717, 1.165) is 6.54 Å². The van der Waals surface area contributed by atoms with Gasteiger partial charge >= 0.3 is 5.79 Å². The van der Waals surface area contributed by atoms with Gasteiger partial charge in [0.1, 0.15) is 0 Å². The highest BCUT2D eigenvalue weighted by Crippen LogP contribution is 2.36. The summed E-state index contributed by atoms with van der Waals surface area (Å²) in [4.78, 5) is 4.35. The van der Waals surface area contributed by atoms with Crippen LogP contribution in [0.2, 0.25) is 0 Å². The van der Waals surface area contributed by atoms with E-state index < -0.39 is 5.79 Å². The summed E-state index contributed by atoms with van der Waals surface area (Å²) >= 11 is 0.